The minimum absolute atomic E-state index is 0.00423. The summed E-state index contributed by atoms with van der Waals surface area (Å²) in [5.41, 5.74) is 6.38. The molecule has 0 amide bonds. The number of rotatable bonds is 4. The highest BCUT2D eigenvalue weighted by Crippen LogP contribution is 2.01. The first-order valence-corrected chi connectivity index (χ1v) is 4.38. The van der Waals surface area contributed by atoms with Gasteiger partial charge < -0.3 is 15.2 Å². The zero-order valence-corrected chi connectivity index (χ0v) is 8.64. The summed E-state index contributed by atoms with van der Waals surface area (Å²) in [5.74, 6) is -0.526. The van der Waals surface area contributed by atoms with E-state index in [1.54, 1.807) is 12.4 Å². The second-order valence-electron chi connectivity index (χ2n) is 2.98. The zero-order chi connectivity index (χ0) is 11.3. The third-order valence-electron chi connectivity index (χ3n) is 1.65. The summed E-state index contributed by atoms with van der Waals surface area (Å²) in [6.45, 7) is 1.86. The van der Waals surface area contributed by atoms with E-state index >= 15 is 0 Å². The fraction of sp³-hybridized carbons (Fsp3) is 0.444. The number of aryl methyl sites for hydroxylation is 1. The van der Waals surface area contributed by atoms with Crippen LogP contribution in [-0.2, 0) is 9.53 Å². The van der Waals surface area contributed by atoms with Crippen molar-refractivity contribution in [1.82, 2.24) is 9.97 Å². The highest BCUT2D eigenvalue weighted by molar-refractivity contribution is 5.75. The van der Waals surface area contributed by atoms with E-state index in [0.717, 1.165) is 5.56 Å². The number of aromatic nitrogens is 2. The topological polar surface area (TPSA) is 87.3 Å². The fourth-order valence-corrected chi connectivity index (χ4v) is 0.839. The van der Waals surface area contributed by atoms with Crippen molar-refractivity contribution in [2.75, 3.05) is 13.7 Å². The molecule has 0 aliphatic heterocycles. The first-order chi connectivity index (χ1) is 7.13. The maximum Gasteiger partial charge on any atom is 0.326 e. The Morgan fingerprint density at radius 3 is 2.67 bits per heavy atom. The van der Waals surface area contributed by atoms with E-state index in [2.05, 4.69) is 14.7 Å². The summed E-state index contributed by atoms with van der Waals surface area (Å²) in [4.78, 5) is 18.7. The van der Waals surface area contributed by atoms with Crippen LogP contribution < -0.4 is 10.5 Å². The van der Waals surface area contributed by atoms with Crippen LogP contribution in [0.5, 0.6) is 6.01 Å². The van der Waals surface area contributed by atoms with Crippen LogP contribution in [0.15, 0.2) is 12.4 Å². The number of methoxy groups -OCH3 is 1. The molecule has 15 heavy (non-hydrogen) atoms. The van der Waals surface area contributed by atoms with Crippen molar-refractivity contribution in [1.29, 1.82) is 0 Å². The number of nitrogens with two attached hydrogens (primary N) is 1. The highest BCUT2D eigenvalue weighted by Gasteiger charge is 2.14. The largest absolute Gasteiger partial charge is 0.468 e. The Kier molecular flexibility index (Phi) is 3.99. The smallest absolute Gasteiger partial charge is 0.326 e. The van der Waals surface area contributed by atoms with Crippen LogP contribution in [0.25, 0.3) is 0 Å². The molecule has 0 bridgehead atoms. The number of esters is 1. The van der Waals surface area contributed by atoms with Crippen molar-refractivity contribution >= 4 is 5.97 Å². The van der Waals surface area contributed by atoms with Gasteiger partial charge in [-0.1, -0.05) is 0 Å². The van der Waals surface area contributed by atoms with Gasteiger partial charge in [0, 0.05) is 12.4 Å². The van der Waals surface area contributed by atoms with Gasteiger partial charge in [-0.15, -0.1) is 0 Å². The molecule has 1 unspecified atom stereocenters. The fourth-order valence-electron chi connectivity index (χ4n) is 0.839. The monoisotopic (exact) mass is 211 g/mol. The summed E-state index contributed by atoms with van der Waals surface area (Å²) in [5, 5.41) is 0. The average molecular weight is 211 g/mol. The van der Waals surface area contributed by atoms with Crippen LogP contribution in [0.3, 0.4) is 0 Å². The first-order valence-electron chi connectivity index (χ1n) is 4.38. The maximum absolute atomic E-state index is 10.9. The standard InChI is InChI=1S/C9H13N3O3/c1-6-3-11-9(12-4-6)15-5-7(10)8(13)14-2/h3-4,7H,5,10H2,1-2H3. The lowest BCUT2D eigenvalue weighted by Crippen LogP contribution is -2.37. The molecule has 0 radical (unpaired) electrons. The minimum Gasteiger partial charge on any atom is -0.468 e. The molecule has 0 fully saturated rings. The summed E-state index contributed by atoms with van der Waals surface area (Å²) in [7, 11) is 1.27. The molecule has 0 aliphatic carbocycles. The highest BCUT2D eigenvalue weighted by atomic mass is 16.5. The van der Waals surface area contributed by atoms with Crippen molar-refractivity contribution in [2.45, 2.75) is 13.0 Å². The molecule has 6 heteroatoms. The van der Waals surface area contributed by atoms with E-state index < -0.39 is 12.0 Å². The quantitative estimate of drug-likeness (QED) is 0.686. The molecule has 1 atom stereocenters. The van der Waals surface area contributed by atoms with Gasteiger partial charge in [0.1, 0.15) is 12.6 Å². The van der Waals surface area contributed by atoms with Crippen LogP contribution in [0.2, 0.25) is 0 Å². The predicted octanol–water partition coefficient (Wildman–Crippen LogP) is -0.336. The van der Waals surface area contributed by atoms with E-state index in [1.165, 1.54) is 7.11 Å². The first kappa shape index (κ1) is 11.4. The number of nitrogens with zero attached hydrogens (tertiary/aromatic N) is 2. The molecule has 1 aromatic heterocycles. The van der Waals surface area contributed by atoms with Gasteiger partial charge >= 0.3 is 12.0 Å². The molecule has 2 N–H and O–H groups in total. The summed E-state index contributed by atoms with van der Waals surface area (Å²) < 4.78 is 9.53. The Balaban J connectivity index is 2.43. The van der Waals surface area contributed by atoms with Gasteiger partial charge in [-0.2, -0.15) is 0 Å². The predicted molar refractivity (Wildman–Crippen MR) is 52.3 cm³/mol. The van der Waals surface area contributed by atoms with Crippen LogP contribution in [-0.4, -0.2) is 35.7 Å². The lowest BCUT2D eigenvalue weighted by atomic mass is 10.3. The van der Waals surface area contributed by atoms with Crippen LogP contribution in [0.4, 0.5) is 0 Å². The lowest BCUT2D eigenvalue weighted by molar-refractivity contribution is -0.142. The van der Waals surface area contributed by atoms with Crippen LogP contribution in [0.1, 0.15) is 5.56 Å². The molecule has 0 saturated heterocycles. The Labute approximate surface area is 87.4 Å². The molecule has 1 aromatic rings. The molecule has 0 aromatic carbocycles. The molecule has 6 nitrogen and oxygen atoms in total. The molecule has 82 valence electrons. The van der Waals surface area contributed by atoms with Gasteiger partial charge in [0.05, 0.1) is 7.11 Å². The van der Waals surface area contributed by atoms with E-state index in [0.29, 0.717) is 0 Å². The Morgan fingerprint density at radius 2 is 2.13 bits per heavy atom. The number of hydrogen-bond acceptors (Lipinski definition) is 6. The van der Waals surface area contributed by atoms with Gasteiger partial charge in [0.25, 0.3) is 0 Å². The lowest BCUT2D eigenvalue weighted by Gasteiger charge is -2.09. The molecule has 1 heterocycles. The van der Waals surface area contributed by atoms with Crippen molar-refractivity contribution in [3.63, 3.8) is 0 Å². The Hall–Kier alpha value is -1.69. The van der Waals surface area contributed by atoms with Crippen LogP contribution in [0, 0.1) is 6.92 Å². The molecule has 1 rings (SSSR count). The molecular formula is C9H13N3O3. The van der Waals surface area contributed by atoms with Crippen molar-refractivity contribution in [2.24, 2.45) is 5.73 Å². The van der Waals surface area contributed by atoms with Gasteiger partial charge in [-0.3, -0.25) is 4.79 Å². The van der Waals surface area contributed by atoms with Gasteiger partial charge in [0.2, 0.25) is 0 Å². The van der Waals surface area contributed by atoms with Crippen molar-refractivity contribution < 1.29 is 14.3 Å². The maximum atomic E-state index is 10.9. The average Bonchev–Trinajstić information content (AvgIpc) is 2.26. The summed E-state index contributed by atoms with van der Waals surface area (Å²) >= 11 is 0. The third-order valence-corrected chi connectivity index (χ3v) is 1.65. The molecule has 0 aliphatic rings. The number of carbonyl (C=O) groups is 1. The molecular weight excluding hydrogens is 198 g/mol. The summed E-state index contributed by atoms with van der Waals surface area (Å²) in [6.07, 6.45) is 3.23. The third kappa shape index (κ3) is 3.51. The normalized spacial score (nSPS) is 11.9. The second-order valence-corrected chi connectivity index (χ2v) is 2.98. The number of carbonyl (C=O) groups excluding carboxylic acids is 1. The van der Waals surface area contributed by atoms with Gasteiger partial charge in [0.15, 0.2) is 0 Å². The van der Waals surface area contributed by atoms with E-state index in [9.17, 15) is 4.79 Å². The van der Waals surface area contributed by atoms with E-state index in [-0.39, 0.29) is 12.6 Å². The number of hydrogen-bond donors (Lipinski definition) is 1. The minimum atomic E-state index is -0.820. The second kappa shape index (κ2) is 5.26. The SMILES string of the molecule is COC(=O)C(N)COc1ncc(C)cn1. The Bertz CT molecular complexity index is 326. The molecule has 0 saturated carbocycles. The Morgan fingerprint density at radius 1 is 1.53 bits per heavy atom. The van der Waals surface area contributed by atoms with E-state index in [1.807, 2.05) is 6.92 Å². The van der Waals surface area contributed by atoms with Crippen molar-refractivity contribution in [3.05, 3.63) is 18.0 Å². The zero-order valence-electron chi connectivity index (χ0n) is 8.64. The van der Waals surface area contributed by atoms with Gasteiger partial charge in [-0.05, 0) is 12.5 Å². The van der Waals surface area contributed by atoms with Crippen molar-refractivity contribution in [3.8, 4) is 6.01 Å². The summed E-state index contributed by atoms with van der Waals surface area (Å²) in [6, 6.07) is -0.625. The number of ether oxygens (including phenoxy) is 2. The van der Waals surface area contributed by atoms with Crippen LogP contribution >= 0.6 is 0 Å². The molecule has 0 spiro atoms. The van der Waals surface area contributed by atoms with Gasteiger partial charge in [-0.25, -0.2) is 9.97 Å². The van der Waals surface area contributed by atoms with E-state index in [4.69, 9.17) is 10.5 Å².